The molecule has 0 fully saturated rings. The molecule has 6 heteroatoms. The van der Waals surface area contributed by atoms with Crippen molar-refractivity contribution in [1.82, 2.24) is 0 Å². The molecule has 2 rings (SSSR count). The second kappa shape index (κ2) is 9.20. The molecule has 0 radical (unpaired) electrons. The Morgan fingerprint density at radius 2 is 1.96 bits per heavy atom. The highest BCUT2D eigenvalue weighted by atomic mass is 79.9. The smallest absolute Gasteiger partial charge is 0.331 e. The molecule has 0 saturated heterocycles. The normalized spacial score (nSPS) is 11.8. The molecular formula is C20H20BrNO4. The molecule has 0 spiro atoms. The fourth-order valence-corrected chi connectivity index (χ4v) is 2.76. The number of aryl methyl sites for hydroxylation is 1. The van der Waals surface area contributed by atoms with Crippen molar-refractivity contribution in [1.29, 1.82) is 0 Å². The highest BCUT2D eigenvalue weighted by Gasteiger charge is 2.17. The number of ether oxygens (including phenoxy) is 2. The summed E-state index contributed by atoms with van der Waals surface area (Å²) in [4.78, 5) is 24.1. The SMILES string of the molecule is COc1cccc(NC(=O)[C@H](C)OC(=O)/C=C/c2ccc(C)cc2Br)c1. The van der Waals surface area contributed by atoms with Crippen molar-refractivity contribution in [2.75, 3.05) is 12.4 Å². The van der Waals surface area contributed by atoms with E-state index in [1.807, 2.05) is 25.1 Å². The van der Waals surface area contributed by atoms with Gasteiger partial charge in [0.2, 0.25) is 0 Å². The van der Waals surface area contributed by atoms with Crippen molar-refractivity contribution in [2.24, 2.45) is 0 Å². The van der Waals surface area contributed by atoms with Crippen LogP contribution in [0.3, 0.4) is 0 Å². The number of esters is 1. The van der Waals surface area contributed by atoms with Crippen molar-refractivity contribution in [3.05, 3.63) is 64.1 Å². The molecule has 0 aliphatic rings. The highest BCUT2D eigenvalue weighted by Crippen LogP contribution is 2.20. The lowest BCUT2D eigenvalue weighted by atomic mass is 10.1. The maximum atomic E-state index is 12.2. The van der Waals surface area contributed by atoms with Gasteiger partial charge in [0.25, 0.3) is 5.91 Å². The first kappa shape index (κ1) is 19.7. The van der Waals surface area contributed by atoms with Gasteiger partial charge in [-0.15, -0.1) is 0 Å². The number of halogens is 1. The number of nitrogens with one attached hydrogen (secondary N) is 1. The average molecular weight is 418 g/mol. The summed E-state index contributed by atoms with van der Waals surface area (Å²) < 4.78 is 11.1. The minimum Gasteiger partial charge on any atom is -0.497 e. The van der Waals surface area contributed by atoms with E-state index in [0.29, 0.717) is 11.4 Å². The molecule has 5 nitrogen and oxygen atoms in total. The molecule has 2 aromatic carbocycles. The Morgan fingerprint density at radius 3 is 2.65 bits per heavy atom. The van der Waals surface area contributed by atoms with Gasteiger partial charge in [0.05, 0.1) is 7.11 Å². The summed E-state index contributed by atoms with van der Waals surface area (Å²) in [5.41, 5.74) is 2.52. The number of amides is 1. The zero-order valence-corrected chi connectivity index (χ0v) is 16.4. The molecule has 0 unspecified atom stereocenters. The molecule has 0 aliphatic carbocycles. The summed E-state index contributed by atoms with van der Waals surface area (Å²) in [5, 5.41) is 2.68. The van der Waals surface area contributed by atoms with E-state index >= 15 is 0 Å². The van der Waals surface area contributed by atoms with Crippen molar-refractivity contribution in [2.45, 2.75) is 20.0 Å². The van der Waals surface area contributed by atoms with Crippen LogP contribution in [0.25, 0.3) is 6.08 Å². The van der Waals surface area contributed by atoms with Crippen LogP contribution >= 0.6 is 15.9 Å². The molecular weight excluding hydrogens is 398 g/mol. The van der Waals surface area contributed by atoms with Crippen LogP contribution < -0.4 is 10.1 Å². The summed E-state index contributed by atoms with van der Waals surface area (Å²) in [6.45, 7) is 3.50. The van der Waals surface area contributed by atoms with E-state index in [9.17, 15) is 9.59 Å². The van der Waals surface area contributed by atoms with Crippen molar-refractivity contribution >= 4 is 39.6 Å². The maximum absolute atomic E-state index is 12.2. The average Bonchev–Trinajstić information content (AvgIpc) is 2.61. The fourth-order valence-electron chi connectivity index (χ4n) is 2.14. The van der Waals surface area contributed by atoms with E-state index in [4.69, 9.17) is 9.47 Å². The fraction of sp³-hybridized carbons (Fsp3) is 0.200. The third-order valence-electron chi connectivity index (χ3n) is 3.55. The van der Waals surface area contributed by atoms with Crippen molar-refractivity contribution < 1.29 is 19.1 Å². The predicted octanol–water partition coefficient (Wildman–Crippen LogP) is 4.35. The minimum absolute atomic E-state index is 0.420. The van der Waals surface area contributed by atoms with Gasteiger partial charge in [-0.3, -0.25) is 4.79 Å². The molecule has 1 amide bonds. The summed E-state index contributed by atoms with van der Waals surface area (Å²) >= 11 is 3.44. The topological polar surface area (TPSA) is 64.6 Å². The molecule has 0 bridgehead atoms. The molecule has 1 atom stereocenters. The van der Waals surface area contributed by atoms with E-state index in [0.717, 1.165) is 15.6 Å². The predicted molar refractivity (Wildman–Crippen MR) is 105 cm³/mol. The number of hydrogen-bond acceptors (Lipinski definition) is 4. The largest absolute Gasteiger partial charge is 0.497 e. The van der Waals surface area contributed by atoms with Gasteiger partial charge in [-0.1, -0.05) is 34.1 Å². The third-order valence-corrected chi connectivity index (χ3v) is 4.24. The Labute approximate surface area is 161 Å². The van der Waals surface area contributed by atoms with Crippen LogP contribution in [0.2, 0.25) is 0 Å². The molecule has 136 valence electrons. The Hall–Kier alpha value is -2.60. The van der Waals surface area contributed by atoms with Crippen molar-refractivity contribution in [3.63, 3.8) is 0 Å². The molecule has 0 aliphatic heterocycles. The Bertz CT molecular complexity index is 832. The van der Waals surface area contributed by atoms with Gasteiger partial charge in [-0.05, 0) is 49.2 Å². The van der Waals surface area contributed by atoms with E-state index < -0.39 is 18.0 Å². The van der Waals surface area contributed by atoms with Crippen LogP contribution in [-0.2, 0) is 14.3 Å². The summed E-state index contributed by atoms with van der Waals surface area (Å²) in [7, 11) is 1.55. The number of carbonyl (C=O) groups excluding carboxylic acids is 2. The van der Waals surface area contributed by atoms with Gasteiger partial charge in [-0.25, -0.2) is 4.79 Å². The van der Waals surface area contributed by atoms with Crippen LogP contribution in [0.4, 0.5) is 5.69 Å². The third kappa shape index (κ3) is 5.74. The Balaban J connectivity index is 1.93. The van der Waals surface area contributed by atoms with E-state index in [1.165, 1.54) is 13.0 Å². The molecule has 0 heterocycles. The van der Waals surface area contributed by atoms with Crippen LogP contribution in [0.1, 0.15) is 18.1 Å². The van der Waals surface area contributed by atoms with Crippen LogP contribution in [0, 0.1) is 6.92 Å². The van der Waals surface area contributed by atoms with Gasteiger partial charge in [0.15, 0.2) is 6.10 Å². The maximum Gasteiger partial charge on any atom is 0.331 e. The van der Waals surface area contributed by atoms with Crippen LogP contribution in [0.15, 0.2) is 53.0 Å². The molecule has 1 N–H and O–H groups in total. The zero-order valence-electron chi connectivity index (χ0n) is 14.8. The molecule has 0 saturated carbocycles. The Morgan fingerprint density at radius 1 is 1.19 bits per heavy atom. The number of anilines is 1. The lowest BCUT2D eigenvalue weighted by molar-refractivity contribution is -0.148. The van der Waals surface area contributed by atoms with E-state index in [2.05, 4.69) is 21.2 Å². The minimum atomic E-state index is -0.931. The van der Waals surface area contributed by atoms with Gasteiger partial charge in [-0.2, -0.15) is 0 Å². The quantitative estimate of drug-likeness (QED) is 0.560. The first-order valence-corrected chi connectivity index (χ1v) is 8.78. The molecule has 2 aromatic rings. The zero-order chi connectivity index (χ0) is 19.1. The molecule has 0 aromatic heterocycles. The summed E-state index contributed by atoms with van der Waals surface area (Å²) in [6, 6.07) is 12.7. The number of hydrogen-bond donors (Lipinski definition) is 1. The highest BCUT2D eigenvalue weighted by molar-refractivity contribution is 9.10. The van der Waals surface area contributed by atoms with Crippen molar-refractivity contribution in [3.8, 4) is 5.75 Å². The number of methoxy groups -OCH3 is 1. The second-order valence-corrected chi connectivity index (χ2v) is 6.51. The lowest BCUT2D eigenvalue weighted by Crippen LogP contribution is -2.29. The van der Waals surface area contributed by atoms with E-state index in [1.54, 1.807) is 37.5 Å². The number of rotatable bonds is 6. The lowest BCUT2D eigenvalue weighted by Gasteiger charge is -2.13. The molecule has 26 heavy (non-hydrogen) atoms. The standard InChI is InChI=1S/C20H20BrNO4/c1-13-7-8-15(18(21)11-13)9-10-19(23)26-14(2)20(24)22-16-5-4-6-17(12-16)25-3/h4-12,14H,1-3H3,(H,22,24)/b10-9+/t14-/m0/s1. The van der Waals surface area contributed by atoms with E-state index in [-0.39, 0.29) is 0 Å². The first-order valence-electron chi connectivity index (χ1n) is 7.99. The second-order valence-electron chi connectivity index (χ2n) is 5.66. The number of benzene rings is 2. The summed E-state index contributed by atoms with van der Waals surface area (Å²) in [6.07, 6.45) is 2.00. The first-order chi connectivity index (χ1) is 12.4. The van der Waals surface area contributed by atoms with Gasteiger partial charge in [0, 0.05) is 22.3 Å². The number of carbonyl (C=O) groups is 2. The Kier molecular flexibility index (Phi) is 6.97. The van der Waals surface area contributed by atoms with Gasteiger partial charge in [0.1, 0.15) is 5.75 Å². The van der Waals surface area contributed by atoms with Crippen LogP contribution in [-0.4, -0.2) is 25.1 Å². The van der Waals surface area contributed by atoms with Crippen LogP contribution in [0.5, 0.6) is 5.75 Å². The van der Waals surface area contributed by atoms with Gasteiger partial charge < -0.3 is 14.8 Å². The monoisotopic (exact) mass is 417 g/mol. The van der Waals surface area contributed by atoms with Gasteiger partial charge >= 0.3 is 5.97 Å². The summed E-state index contributed by atoms with van der Waals surface area (Å²) in [5.74, 6) is -0.388.